The minimum absolute atomic E-state index is 0.0246. The molecule has 0 bridgehead atoms. The molecular weight excluding hydrogens is 306 g/mol. The summed E-state index contributed by atoms with van der Waals surface area (Å²) in [5.41, 5.74) is 1.95. The molecule has 19 heavy (non-hydrogen) atoms. The summed E-state index contributed by atoms with van der Waals surface area (Å²) in [5, 5.41) is 3.26. The summed E-state index contributed by atoms with van der Waals surface area (Å²) < 4.78 is 6.45. The highest BCUT2D eigenvalue weighted by molar-refractivity contribution is 9.10. The number of hydrogen-bond donors (Lipinski definition) is 1. The second-order valence-electron chi connectivity index (χ2n) is 3.98. The number of halogens is 1. The molecule has 0 saturated heterocycles. The molecular formula is C14H16BrN3O. The third-order valence-electron chi connectivity index (χ3n) is 2.73. The summed E-state index contributed by atoms with van der Waals surface area (Å²) in [6.45, 7) is 2.58. The van der Waals surface area contributed by atoms with E-state index in [2.05, 4.69) is 31.2 Å². The zero-order chi connectivity index (χ0) is 13.7. The van der Waals surface area contributed by atoms with Crippen LogP contribution in [0.15, 0.2) is 41.3 Å². The van der Waals surface area contributed by atoms with Gasteiger partial charge in [0.05, 0.1) is 24.5 Å². The van der Waals surface area contributed by atoms with E-state index in [1.165, 1.54) is 0 Å². The topological polar surface area (TPSA) is 47.0 Å². The highest BCUT2D eigenvalue weighted by Crippen LogP contribution is 2.27. The molecule has 0 aromatic carbocycles. The monoisotopic (exact) mass is 321 g/mol. The van der Waals surface area contributed by atoms with Crippen LogP contribution < -0.4 is 10.1 Å². The Kier molecular flexibility index (Phi) is 4.87. The van der Waals surface area contributed by atoms with Crippen molar-refractivity contribution in [3.8, 4) is 5.75 Å². The van der Waals surface area contributed by atoms with E-state index in [-0.39, 0.29) is 6.04 Å². The smallest absolute Gasteiger partial charge is 0.137 e. The Bertz CT molecular complexity index is 548. The highest BCUT2D eigenvalue weighted by atomic mass is 79.9. The van der Waals surface area contributed by atoms with Crippen LogP contribution in [0.25, 0.3) is 0 Å². The van der Waals surface area contributed by atoms with Crippen LogP contribution in [0.1, 0.15) is 24.2 Å². The molecule has 2 rings (SSSR count). The van der Waals surface area contributed by atoms with Crippen LogP contribution in [-0.2, 0) is 0 Å². The molecule has 100 valence electrons. The Balaban J connectivity index is 2.37. The summed E-state index contributed by atoms with van der Waals surface area (Å²) in [4.78, 5) is 8.64. The lowest BCUT2D eigenvalue weighted by molar-refractivity contribution is 0.338. The molecule has 0 amide bonds. The number of pyridine rings is 2. The number of rotatable bonds is 5. The van der Waals surface area contributed by atoms with Crippen molar-refractivity contribution in [2.75, 3.05) is 13.7 Å². The standard InChI is InChI=1S/C14H16BrN3O/c1-3-19-11-7-10(8-17-9-11)13(16-2)14-12(15)5-4-6-18-14/h4-9,13,16H,3H2,1-2H3. The maximum Gasteiger partial charge on any atom is 0.137 e. The van der Waals surface area contributed by atoms with Crippen molar-refractivity contribution in [3.63, 3.8) is 0 Å². The second-order valence-corrected chi connectivity index (χ2v) is 4.83. The van der Waals surface area contributed by atoms with Crippen LogP contribution in [-0.4, -0.2) is 23.6 Å². The molecule has 2 aromatic heterocycles. The first kappa shape index (κ1) is 14.0. The first-order valence-corrected chi connectivity index (χ1v) is 6.91. The predicted octanol–water partition coefficient (Wildman–Crippen LogP) is 2.95. The van der Waals surface area contributed by atoms with Crippen LogP contribution >= 0.6 is 15.9 Å². The SMILES string of the molecule is CCOc1cncc(C(NC)c2ncccc2Br)c1. The van der Waals surface area contributed by atoms with E-state index in [0.29, 0.717) is 6.61 Å². The molecule has 2 aromatic rings. The second kappa shape index (κ2) is 6.63. The van der Waals surface area contributed by atoms with E-state index < -0.39 is 0 Å². The number of aromatic nitrogens is 2. The highest BCUT2D eigenvalue weighted by Gasteiger charge is 2.17. The van der Waals surface area contributed by atoms with Crippen LogP contribution in [0.2, 0.25) is 0 Å². The molecule has 4 nitrogen and oxygen atoms in total. The van der Waals surface area contributed by atoms with Crippen molar-refractivity contribution in [3.05, 3.63) is 52.5 Å². The molecule has 0 aliphatic carbocycles. The largest absolute Gasteiger partial charge is 0.492 e. The van der Waals surface area contributed by atoms with Gasteiger partial charge in [-0.05, 0) is 53.7 Å². The lowest BCUT2D eigenvalue weighted by Crippen LogP contribution is -2.19. The quantitative estimate of drug-likeness (QED) is 0.919. The van der Waals surface area contributed by atoms with Crippen molar-refractivity contribution >= 4 is 15.9 Å². The van der Waals surface area contributed by atoms with Crippen LogP contribution in [0.3, 0.4) is 0 Å². The normalized spacial score (nSPS) is 12.2. The summed E-state index contributed by atoms with van der Waals surface area (Å²) >= 11 is 3.53. The van der Waals surface area contributed by atoms with Gasteiger partial charge in [0.25, 0.3) is 0 Å². The van der Waals surface area contributed by atoms with E-state index in [1.807, 2.05) is 38.4 Å². The average Bonchev–Trinajstić information content (AvgIpc) is 2.43. The zero-order valence-corrected chi connectivity index (χ0v) is 12.5. The van der Waals surface area contributed by atoms with Gasteiger partial charge in [0.2, 0.25) is 0 Å². The molecule has 1 unspecified atom stereocenters. The fraction of sp³-hybridized carbons (Fsp3) is 0.286. The van der Waals surface area contributed by atoms with Crippen molar-refractivity contribution in [2.24, 2.45) is 0 Å². The van der Waals surface area contributed by atoms with Gasteiger partial charge in [0.15, 0.2) is 0 Å². The van der Waals surface area contributed by atoms with E-state index in [1.54, 1.807) is 12.4 Å². The zero-order valence-electron chi connectivity index (χ0n) is 10.9. The summed E-state index contributed by atoms with van der Waals surface area (Å²) in [6, 6.07) is 5.84. The Morgan fingerprint density at radius 2 is 2.26 bits per heavy atom. The first-order valence-electron chi connectivity index (χ1n) is 6.11. The third-order valence-corrected chi connectivity index (χ3v) is 3.40. The van der Waals surface area contributed by atoms with E-state index in [0.717, 1.165) is 21.5 Å². The van der Waals surface area contributed by atoms with E-state index >= 15 is 0 Å². The number of nitrogens with zero attached hydrogens (tertiary/aromatic N) is 2. The number of hydrogen-bond acceptors (Lipinski definition) is 4. The molecule has 0 radical (unpaired) electrons. The molecule has 1 N–H and O–H groups in total. The van der Waals surface area contributed by atoms with Gasteiger partial charge in [0, 0.05) is 16.9 Å². The molecule has 2 heterocycles. The van der Waals surface area contributed by atoms with Gasteiger partial charge in [-0.15, -0.1) is 0 Å². The van der Waals surface area contributed by atoms with Crippen molar-refractivity contribution < 1.29 is 4.74 Å². The van der Waals surface area contributed by atoms with Crippen LogP contribution in [0.4, 0.5) is 0 Å². The minimum Gasteiger partial charge on any atom is -0.492 e. The fourth-order valence-corrected chi connectivity index (χ4v) is 2.39. The lowest BCUT2D eigenvalue weighted by Gasteiger charge is -2.17. The molecule has 0 fully saturated rings. The molecule has 0 saturated carbocycles. The minimum atomic E-state index is -0.0246. The Labute approximate surface area is 121 Å². The molecule has 5 heteroatoms. The third kappa shape index (κ3) is 3.30. The predicted molar refractivity (Wildman–Crippen MR) is 78.2 cm³/mol. The maximum absolute atomic E-state index is 5.48. The molecule has 0 aliphatic rings. The lowest BCUT2D eigenvalue weighted by atomic mass is 10.1. The summed E-state index contributed by atoms with van der Waals surface area (Å²) in [6.07, 6.45) is 5.32. The van der Waals surface area contributed by atoms with E-state index in [4.69, 9.17) is 4.74 Å². The fourth-order valence-electron chi connectivity index (χ4n) is 1.91. The Morgan fingerprint density at radius 3 is 2.95 bits per heavy atom. The van der Waals surface area contributed by atoms with Crippen LogP contribution in [0.5, 0.6) is 5.75 Å². The average molecular weight is 322 g/mol. The first-order chi connectivity index (χ1) is 9.26. The summed E-state index contributed by atoms with van der Waals surface area (Å²) in [5.74, 6) is 0.771. The van der Waals surface area contributed by atoms with Gasteiger partial charge in [-0.25, -0.2) is 0 Å². The van der Waals surface area contributed by atoms with Crippen molar-refractivity contribution in [1.82, 2.24) is 15.3 Å². The molecule has 0 aliphatic heterocycles. The van der Waals surface area contributed by atoms with Gasteiger partial charge in [-0.1, -0.05) is 0 Å². The van der Waals surface area contributed by atoms with Gasteiger partial charge in [-0.2, -0.15) is 0 Å². The van der Waals surface area contributed by atoms with Gasteiger partial charge < -0.3 is 10.1 Å². The summed E-state index contributed by atoms with van der Waals surface area (Å²) in [7, 11) is 1.90. The maximum atomic E-state index is 5.48. The number of ether oxygens (including phenoxy) is 1. The van der Waals surface area contributed by atoms with Crippen molar-refractivity contribution in [1.29, 1.82) is 0 Å². The van der Waals surface area contributed by atoms with Gasteiger partial charge in [-0.3, -0.25) is 9.97 Å². The van der Waals surface area contributed by atoms with Crippen molar-refractivity contribution in [2.45, 2.75) is 13.0 Å². The van der Waals surface area contributed by atoms with Gasteiger partial charge >= 0.3 is 0 Å². The molecule has 0 spiro atoms. The Hall–Kier alpha value is -1.46. The molecule has 1 atom stereocenters. The van der Waals surface area contributed by atoms with E-state index in [9.17, 15) is 0 Å². The van der Waals surface area contributed by atoms with Gasteiger partial charge in [0.1, 0.15) is 5.75 Å². The number of nitrogens with one attached hydrogen (secondary N) is 1. The Morgan fingerprint density at radius 1 is 1.42 bits per heavy atom. The van der Waals surface area contributed by atoms with Crippen LogP contribution in [0, 0.1) is 0 Å².